The molecule has 2 aromatic rings. The first-order valence-corrected chi connectivity index (χ1v) is 12.2. The molecular formula is C26H26Cl2Zr. The van der Waals surface area contributed by atoms with Crippen LogP contribution in [0.3, 0.4) is 0 Å². The Hall–Kier alpha value is -1.14. The van der Waals surface area contributed by atoms with E-state index in [1.807, 2.05) is 0 Å². The fraction of sp³-hybridized carbons (Fsp3) is 0.231. The van der Waals surface area contributed by atoms with Crippen molar-refractivity contribution in [1.29, 1.82) is 0 Å². The van der Waals surface area contributed by atoms with Crippen LogP contribution in [0.2, 0.25) is 0 Å². The molecule has 0 radical (unpaired) electrons. The summed E-state index contributed by atoms with van der Waals surface area (Å²) in [7, 11) is 0. The molecule has 29 heavy (non-hydrogen) atoms. The van der Waals surface area contributed by atoms with Crippen LogP contribution in [0.15, 0.2) is 78.4 Å². The first kappa shape index (κ1) is 24.1. The fourth-order valence-electron chi connectivity index (χ4n) is 4.26. The second-order valence-corrected chi connectivity index (χ2v) is 11.2. The van der Waals surface area contributed by atoms with E-state index in [4.69, 9.17) is 0 Å². The summed E-state index contributed by atoms with van der Waals surface area (Å²) in [5.74, 6) is 0. The van der Waals surface area contributed by atoms with Crippen molar-refractivity contribution in [3.05, 3.63) is 101 Å². The van der Waals surface area contributed by atoms with Crippen molar-refractivity contribution in [3.8, 4) is 0 Å². The Balaban J connectivity index is 0.00000150. The van der Waals surface area contributed by atoms with Gasteiger partial charge in [0.1, 0.15) is 0 Å². The molecular weight excluding hydrogens is 474 g/mol. The monoisotopic (exact) mass is 498 g/mol. The van der Waals surface area contributed by atoms with E-state index in [2.05, 4.69) is 88.4 Å². The molecule has 2 aliphatic carbocycles. The Kier molecular flexibility index (Phi) is 8.53. The van der Waals surface area contributed by atoms with Crippen LogP contribution in [0.4, 0.5) is 0 Å². The first-order valence-electron chi connectivity index (χ1n) is 9.76. The normalized spacial score (nSPS) is 15.4. The Bertz CT molecular complexity index is 955. The van der Waals surface area contributed by atoms with E-state index >= 15 is 0 Å². The average Bonchev–Trinajstić information content (AvgIpc) is 3.19. The topological polar surface area (TPSA) is 0 Å². The van der Waals surface area contributed by atoms with Crippen molar-refractivity contribution in [1.82, 2.24) is 0 Å². The zero-order valence-electron chi connectivity index (χ0n) is 17.4. The summed E-state index contributed by atoms with van der Waals surface area (Å²) < 4.78 is 3.49. The van der Waals surface area contributed by atoms with Crippen LogP contribution in [-0.2, 0) is 23.2 Å². The molecule has 0 amide bonds. The maximum Gasteiger partial charge on any atom is -1.00 e. The third-order valence-corrected chi connectivity index (χ3v) is 9.46. The third-order valence-electron chi connectivity index (χ3n) is 5.75. The van der Waals surface area contributed by atoms with Crippen LogP contribution in [0, 0.1) is 13.8 Å². The standard InChI is InChI=1S/2C13H13.2ClH.Zr/c2*1-10-6-3-4-8-12(10)13-9-5-7-11(13)2;;;/h2*3-4,6-8H,5H2,1-2H3;2*1H;/q;;;;+2/p-2. The summed E-state index contributed by atoms with van der Waals surface area (Å²) in [5.41, 5.74) is 11.7. The van der Waals surface area contributed by atoms with Gasteiger partial charge in [-0.1, -0.05) is 0 Å². The second-order valence-electron chi connectivity index (χ2n) is 7.64. The molecule has 0 aromatic heterocycles. The SMILES string of the molecule is CC1=CC[C]([Zr+2][C]2=C(c3ccccc3C)C(C)=CC2)=C1c1ccccc1C.[Cl-].[Cl-]. The summed E-state index contributed by atoms with van der Waals surface area (Å²) in [6.07, 6.45) is 7.21. The van der Waals surface area contributed by atoms with Gasteiger partial charge in [0.2, 0.25) is 0 Å². The summed E-state index contributed by atoms with van der Waals surface area (Å²) in [6, 6.07) is 17.8. The molecule has 148 valence electrons. The summed E-state index contributed by atoms with van der Waals surface area (Å²) >= 11 is -0.803. The zero-order valence-corrected chi connectivity index (χ0v) is 21.4. The van der Waals surface area contributed by atoms with Crippen LogP contribution >= 0.6 is 0 Å². The maximum absolute atomic E-state index is 2.45. The van der Waals surface area contributed by atoms with Gasteiger partial charge in [-0.2, -0.15) is 0 Å². The van der Waals surface area contributed by atoms with Gasteiger partial charge in [-0.05, 0) is 0 Å². The van der Waals surface area contributed by atoms with Gasteiger partial charge >= 0.3 is 176 Å². The Morgan fingerprint density at radius 3 is 1.34 bits per heavy atom. The first-order chi connectivity index (χ1) is 13.1. The molecule has 0 bridgehead atoms. The minimum atomic E-state index is -0.803. The molecule has 0 unspecified atom stereocenters. The third kappa shape index (κ3) is 4.79. The van der Waals surface area contributed by atoms with Crippen molar-refractivity contribution in [2.45, 2.75) is 40.5 Å². The molecule has 0 saturated heterocycles. The smallest absolute Gasteiger partial charge is 1.00 e. The van der Waals surface area contributed by atoms with Crippen LogP contribution in [0.25, 0.3) is 11.1 Å². The number of allylic oxidation sites excluding steroid dienone is 8. The summed E-state index contributed by atoms with van der Waals surface area (Å²) in [6.45, 7) is 9.08. The summed E-state index contributed by atoms with van der Waals surface area (Å²) in [5, 5.41) is 0. The minimum absolute atomic E-state index is 0. The number of rotatable bonds is 4. The van der Waals surface area contributed by atoms with Crippen molar-refractivity contribution in [3.63, 3.8) is 0 Å². The Labute approximate surface area is 199 Å². The van der Waals surface area contributed by atoms with E-state index in [1.165, 1.54) is 33.4 Å². The fourth-order valence-corrected chi connectivity index (χ4v) is 8.41. The van der Waals surface area contributed by atoms with Crippen molar-refractivity contribution < 1.29 is 48.0 Å². The van der Waals surface area contributed by atoms with Gasteiger partial charge in [-0.25, -0.2) is 0 Å². The molecule has 0 fully saturated rings. The molecule has 0 saturated carbocycles. The van der Waals surface area contributed by atoms with Gasteiger partial charge in [0, 0.05) is 0 Å². The van der Waals surface area contributed by atoms with Crippen LogP contribution in [0.1, 0.15) is 48.9 Å². The van der Waals surface area contributed by atoms with E-state index in [-0.39, 0.29) is 24.8 Å². The quantitative estimate of drug-likeness (QED) is 0.593. The molecule has 0 nitrogen and oxygen atoms in total. The predicted octanol–water partition coefficient (Wildman–Crippen LogP) is 1.22. The second kappa shape index (κ2) is 10.3. The molecule has 0 atom stereocenters. The maximum atomic E-state index is 2.45. The minimum Gasteiger partial charge on any atom is -1.00 e. The van der Waals surface area contributed by atoms with E-state index in [0.29, 0.717) is 0 Å². The van der Waals surface area contributed by atoms with Gasteiger partial charge in [-0.15, -0.1) is 0 Å². The van der Waals surface area contributed by atoms with E-state index in [1.54, 1.807) is 17.7 Å². The van der Waals surface area contributed by atoms with Gasteiger partial charge in [0.05, 0.1) is 0 Å². The van der Waals surface area contributed by atoms with Gasteiger partial charge in [0.25, 0.3) is 0 Å². The Morgan fingerprint density at radius 2 is 0.966 bits per heavy atom. The Morgan fingerprint density at radius 1 is 0.586 bits per heavy atom. The van der Waals surface area contributed by atoms with Gasteiger partial charge < -0.3 is 24.8 Å². The molecule has 4 rings (SSSR count). The zero-order chi connectivity index (χ0) is 19.0. The van der Waals surface area contributed by atoms with Crippen molar-refractivity contribution in [2.24, 2.45) is 0 Å². The molecule has 2 aromatic carbocycles. The van der Waals surface area contributed by atoms with Gasteiger partial charge in [0.15, 0.2) is 0 Å². The number of halogens is 2. The van der Waals surface area contributed by atoms with Crippen LogP contribution < -0.4 is 24.8 Å². The number of hydrogen-bond donors (Lipinski definition) is 0. The molecule has 2 aliphatic rings. The molecule has 0 N–H and O–H groups in total. The molecule has 0 spiro atoms. The molecule has 0 aliphatic heterocycles. The van der Waals surface area contributed by atoms with Gasteiger partial charge in [-0.3, -0.25) is 0 Å². The van der Waals surface area contributed by atoms with E-state index in [9.17, 15) is 0 Å². The largest absolute Gasteiger partial charge is 1.00 e. The van der Waals surface area contributed by atoms with Crippen molar-refractivity contribution >= 4 is 11.1 Å². The molecule has 3 heteroatoms. The number of aryl methyl sites for hydroxylation is 2. The van der Waals surface area contributed by atoms with Crippen molar-refractivity contribution in [2.75, 3.05) is 0 Å². The number of hydrogen-bond acceptors (Lipinski definition) is 0. The number of benzene rings is 2. The van der Waals surface area contributed by atoms with Crippen LogP contribution in [0.5, 0.6) is 0 Å². The molecule has 0 heterocycles. The van der Waals surface area contributed by atoms with Crippen LogP contribution in [-0.4, -0.2) is 0 Å². The van der Waals surface area contributed by atoms with E-state index in [0.717, 1.165) is 12.8 Å². The predicted molar refractivity (Wildman–Crippen MR) is 113 cm³/mol. The summed E-state index contributed by atoms with van der Waals surface area (Å²) in [4.78, 5) is 0. The van der Waals surface area contributed by atoms with E-state index < -0.39 is 23.2 Å². The average molecular weight is 501 g/mol.